The Morgan fingerprint density at radius 3 is 2.83 bits per heavy atom. The minimum Gasteiger partial charge on any atom is -0.454 e. The number of benzene rings is 1. The van der Waals surface area contributed by atoms with Gasteiger partial charge in [0.15, 0.2) is 5.60 Å². The zero-order valence-electron chi connectivity index (χ0n) is 9.85. The minimum absolute atomic E-state index is 0.142. The van der Waals surface area contributed by atoms with Crippen molar-refractivity contribution in [2.45, 2.75) is 18.9 Å². The number of para-hydroxylation sites is 1. The van der Waals surface area contributed by atoms with Crippen LogP contribution >= 0.6 is 34.8 Å². The van der Waals surface area contributed by atoms with Gasteiger partial charge < -0.3 is 4.74 Å². The van der Waals surface area contributed by atoms with Crippen LogP contribution in [0.3, 0.4) is 0 Å². The standard InChI is InChI=1S/C13H12INO2S/c1-3-8-13(2)11(16)15(12(18)17-13)10-7-5-4-6-9(10)14/h3-7H,1,8H2,2H3/t13-/m1/s1. The fourth-order valence-electron chi connectivity index (χ4n) is 1.85. The number of thiocarbonyl (C=S) groups is 1. The first-order valence-corrected chi connectivity index (χ1v) is 6.91. The average Bonchev–Trinajstić information content (AvgIpc) is 2.52. The van der Waals surface area contributed by atoms with Gasteiger partial charge in [0, 0.05) is 9.99 Å². The lowest BCUT2D eigenvalue weighted by atomic mass is 10.0. The average molecular weight is 373 g/mol. The zero-order chi connectivity index (χ0) is 13.3. The third-order valence-corrected chi connectivity index (χ3v) is 3.96. The SMILES string of the molecule is C=CC[C@@]1(C)OC(=S)N(c2ccccc2I)C1=O. The molecule has 0 aromatic heterocycles. The Morgan fingerprint density at radius 1 is 1.56 bits per heavy atom. The molecule has 0 bridgehead atoms. The van der Waals surface area contributed by atoms with Crippen molar-refractivity contribution in [1.82, 2.24) is 0 Å². The molecule has 2 rings (SSSR count). The molecule has 0 N–H and O–H groups in total. The first-order chi connectivity index (χ1) is 8.49. The van der Waals surface area contributed by atoms with E-state index >= 15 is 0 Å². The van der Waals surface area contributed by atoms with Crippen LogP contribution in [0.5, 0.6) is 0 Å². The number of nitrogens with zero attached hydrogens (tertiary/aromatic N) is 1. The summed E-state index contributed by atoms with van der Waals surface area (Å²) < 4.78 is 6.51. The quantitative estimate of drug-likeness (QED) is 0.463. The summed E-state index contributed by atoms with van der Waals surface area (Å²) in [4.78, 5) is 13.9. The lowest BCUT2D eigenvalue weighted by molar-refractivity contribution is -0.128. The van der Waals surface area contributed by atoms with E-state index in [1.807, 2.05) is 24.3 Å². The van der Waals surface area contributed by atoms with E-state index in [4.69, 9.17) is 17.0 Å². The summed E-state index contributed by atoms with van der Waals surface area (Å²) in [5, 5.41) is 0.202. The smallest absolute Gasteiger partial charge is 0.278 e. The molecule has 1 saturated heterocycles. The molecule has 1 aromatic carbocycles. The molecular weight excluding hydrogens is 361 g/mol. The van der Waals surface area contributed by atoms with Crippen LogP contribution in [0.1, 0.15) is 13.3 Å². The Morgan fingerprint density at radius 2 is 2.22 bits per heavy atom. The van der Waals surface area contributed by atoms with E-state index < -0.39 is 5.60 Å². The van der Waals surface area contributed by atoms with Gasteiger partial charge in [-0.25, -0.2) is 4.90 Å². The fraction of sp³-hybridized carbons (Fsp3) is 0.231. The summed E-state index contributed by atoms with van der Waals surface area (Å²) in [6, 6.07) is 7.57. The summed E-state index contributed by atoms with van der Waals surface area (Å²) >= 11 is 7.34. The van der Waals surface area contributed by atoms with Crippen LogP contribution in [0.15, 0.2) is 36.9 Å². The second kappa shape index (κ2) is 4.97. The Kier molecular flexibility index (Phi) is 3.72. The fourth-order valence-corrected chi connectivity index (χ4v) is 2.84. The summed E-state index contributed by atoms with van der Waals surface area (Å²) in [6.45, 7) is 5.38. The van der Waals surface area contributed by atoms with Crippen LogP contribution < -0.4 is 4.90 Å². The third kappa shape index (κ3) is 2.16. The zero-order valence-corrected chi connectivity index (χ0v) is 12.8. The number of hydrogen-bond acceptors (Lipinski definition) is 3. The Labute approximate surface area is 125 Å². The molecule has 0 unspecified atom stereocenters. The van der Waals surface area contributed by atoms with Gasteiger partial charge in [-0.2, -0.15) is 0 Å². The molecule has 0 radical (unpaired) electrons. The Hall–Kier alpha value is -0.950. The minimum atomic E-state index is -0.933. The number of hydrogen-bond donors (Lipinski definition) is 0. The highest BCUT2D eigenvalue weighted by atomic mass is 127. The largest absolute Gasteiger partial charge is 0.454 e. The molecule has 1 atom stereocenters. The van der Waals surface area contributed by atoms with Crippen LogP contribution in [0.4, 0.5) is 5.69 Å². The van der Waals surface area contributed by atoms with Gasteiger partial charge in [0.2, 0.25) is 0 Å². The van der Waals surface area contributed by atoms with E-state index in [0.29, 0.717) is 6.42 Å². The predicted molar refractivity (Wildman–Crippen MR) is 83.5 cm³/mol. The van der Waals surface area contributed by atoms with Gasteiger partial charge in [-0.15, -0.1) is 6.58 Å². The van der Waals surface area contributed by atoms with Crippen LogP contribution in [0.25, 0.3) is 0 Å². The van der Waals surface area contributed by atoms with Crippen molar-refractivity contribution in [3.05, 3.63) is 40.5 Å². The van der Waals surface area contributed by atoms with E-state index in [1.54, 1.807) is 13.0 Å². The third-order valence-electron chi connectivity index (χ3n) is 2.78. The molecule has 5 heteroatoms. The number of amides is 1. The highest BCUT2D eigenvalue weighted by Crippen LogP contribution is 2.34. The van der Waals surface area contributed by atoms with Crippen molar-refractivity contribution < 1.29 is 9.53 Å². The molecule has 1 fully saturated rings. The van der Waals surface area contributed by atoms with Crippen molar-refractivity contribution >= 4 is 51.6 Å². The molecule has 1 heterocycles. The molecule has 0 spiro atoms. The van der Waals surface area contributed by atoms with Crippen LogP contribution in [-0.4, -0.2) is 16.7 Å². The van der Waals surface area contributed by atoms with Crippen LogP contribution in [0, 0.1) is 3.57 Å². The number of anilines is 1. The van der Waals surface area contributed by atoms with Gasteiger partial charge in [-0.1, -0.05) is 18.2 Å². The Bertz CT molecular complexity index is 531. The molecule has 1 aliphatic heterocycles. The normalized spacial score (nSPS) is 23.1. The number of rotatable bonds is 3. The maximum atomic E-state index is 12.4. The molecule has 1 aromatic rings. The van der Waals surface area contributed by atoms with E-state index in [9.17, 15) is 4.79 Å². The first kappa shape index (κ1) is 13.5. The second-order valence-electron chi connectivity index (χ2n) is 4.18. The second-order valence-corrected chi connectivity index (χ2v) is 5.70. The van der Waals surface area contributed by atoms with Gasteiger partial charge >= 0.3 is 0 Å². The van der Waals surface area contributed by atoms with E-state index in [1.165, 1.54) is 4.90 Å². The lowest BCUT2D eigenvalue weighted by Crippen LogP contribution is -2.38. The van der Waals surface area contributed by atoms with E-state index in [0.717, 1.165) is 9.26 Å². The van der Waals surface area contributed by atoms with Crippen molar-refractivity contribution in [3.8, 4) is 0 Å². The topological polar surface area (TPSA) is 29.5 Å². The number of ether oxygens (including phenoxy) is 1. The maximum absolute atomic E-state index is 12.4. The van der Waals surface area contributed by atoms with Crippen molar-refractivity contribution in [1.29, 1.82) is 0 Å². The van der Waals surface area contributed by atoms with Gasteiger partial charge in [0.1, 0.15) is 0 Å². The molecule has 1 aliphatic rings. The summed E-state index contributed by atoms with van der Waals surface area (Å²) in [5.41, 5.74) is -0.168. The predicted octanol–water partition coefficient (Wildman–Crippen LogP) is 3.27. The molecule has 94 valence electrons. The van der Waals surface area contributed by atoms with Gasteiger partial charge in [0.25, 0.3) is 11.1 Å². The Balaban J connectivity index is 2.42. The number of halogens is 1. The highest BCUT2D eigenvalue weighted by molar-refractivity contribution is 14.1. The van der Waals surface area contributed by atoms with Crippen molar-refractivity contribution in [2.75, 3.05) is 4.90 Å². The van der Waals surface area contributed by atoms with Crippen LogP contribution in [-0.2, 0) is 9.53 Å². The highest BCUT2D eigenvalue weighted by Gasteiger charge is 2.48. The maximum Gasteiger partial charge on any atom is 0.278 e. The summed E-state index contributed by atoms with van der Waals surface area (Å²) in [5.74, 6) is -0.142. The summed E-state index contributed by atoms with van der Waals surface area (Å²) in [7, 11) is 0. The molecule has 18 heavy (non-hydrogen) atoms. The molecule has 0 aliphatic carbocycles. The first-order valence-electron chi connectivity index (χ1n) is 5.42. The van der Waals surface area contributed by atoms with Gasteiger partial charge in [-0.05, 0) is 53.9 Å². The molecule has 3 nitrogen and oxygen atoms in total. The van der Waals surface area contributed by atoms with Gasteiger partial charge in [0.05, 0.1) is 5.69 Å². The van der Waals surface area contributed by atoms with Crippen molar-refractivity contribution in [3.63, 3.8) is 0 Å². The van der Waals surface area contributed by atoms with Crippen LogP contribution in [0.2, 0.25) is 0 Å². The lowest BCUT2D eigenvalue weighted by Gasteiger charge is -2.18. The molecular formula is C13H12INO2S. The molecule has 0 saturated carbocycles. The monoisotopic (exact) mass is 373 g/mol. The molecule has 1 amide bonds. The number of carbonyl (C=O) groups excluding carboxylic acids is 1. The van der Waals surface area contributed by atoms with Gasteiger partial charge in [-0.3, -0.25) is 4.79 Å². The number of carbonyl (C=O) groups is 1. The summed E-state index contributed by atoms with van der Waals surface area (Å²) in [6.07, 6.45) is 2.10. The van der Waals surface area contributed by atoms with E-state index in [2.05, 4.69) is 29.2 Å². The van der Waals surface area contributed by atoms with E-state index in [-0.39, 0.29) is 11.1 Å². The van der Waals surface area contributed by atoms with Crippen molar-refractivity contribution in [2.24, 2.45) is 0 Å².